The molecule has 3 rings (SSSR count). The van der Waals surface area contributed by atoms with Crippen LogP contribution in [0.25, 0.3) is 0 Å². The lowest BCUT2D eigenvalue weighted by Crippen LogP contribution is -2.44. The zero-order valence-electron chi connectivity index (χ0n) is 14.5. The smallest absolute Gasteiger partial charge is 0.372 e. The zero-order valence-corrected chi connectivity index (χ0v) is 14.5. The maximum atomic E-state index is 13.9. The van der Waals surface area contributed by atoms with Crippen molar-refractivity contribution in [3.63, 3.8) is 0 Å². The van der Waals surface area contributed by atoms with Gasteiger partial charge in [-0.15, -0.1) is 0 Å². The van der Waals surface area contributed by atoms with Gasteiger partial charge in [-0.3, -0.25) is 9.48 Å². The summed E-state index contributed by atoms with van der Waals surface area (Å²) < 4.78 is 80.9. The minimum Gasteiger partial charge on any atom is -0.372 e. The first-order valence-corrected chi connectivity index (χ1v) is 7.89. The summed E-state index contributed by atoms with van der Waals surface area (Å²) in [5.74, 6) is 0. The summed E-state index contributed by atoms with van der Waals surface area (Å²) in [7, 11) is 0.968. The van der Waals surface area contributed by atoms with Crippen LogP contribution < -0.4 is 0 Å². The van der Waals surface area contributed by atoms with Crippen molar-refractivity contribution in [2.75, 3.05) is 0 Å². The van der Waals surface area contributed by atoms with Gasteiger partial charge in [-0.05, 0) is 24.6 Å². The van der Waals surface area contributed by atoms with E-state index in [1.807, 2.05) is 0 Å². The fourth-order valence-corrected chi connectivity index (χ4v) is 2.95. The monoisotopic (exact) mass is 405 g/mol. The van der Waals surface area contributed by atoms with Crippen molar-refractivity contribution in [3.05, 3.63) is 52.3 Å². The number of carbonyl (C=O) groups is 1. The van der Waals surface area contributed by atoms with E-state index in [0.29, 0.717) is 22.6 Å². The van der Waals surface area contributed by atoms with Crippen LogP contribution in [-0.2, 0) is 23.7 Å². The molecule has 1 unspecified atom stereocenters. The number of rotatable bonds is 3. The molecule has 2 aromatic rings. The Balaban J connectivity index is 2.06. The third-order valence-electron chi connectivity index (χ3n) is 4.51. The highest BCUT2D eigenvalue weighted by Crippen LogP contribution is 2.49. The number of oxime groups is 1. The lowest BCUT2D eigenvalue weighted by Gasteiger charge is -2.28. The fourth-order valence-electron chi connectivity index (χ4n) is 2.95. The molecule has 1 atom stereocenters. The van der Waals surface area contributed by atoms with E-state index in [4.69, 9.17) is 4.84 Å². The van der Waals surface area contributed by atoms with Crippen molar-refractivity contribution in [1.29, 1.82) is 0 Å². The van der Waals surface area contributed by atoms with Crippen LogP contribution in [0.5, 0.6) is 0 Å². The van der Waals surface area contributed by atoms with Gasteiger partial charge in [0.1, 0.15) is 6.29 Å². The minimum atomic E-state index is -5.08. The highest BCUT2D eigenvalue weighted by Gasteiger charge is 2.64. The van der Waals surface area contributed by atoms with Crippen molar-refractivity contribution in [2.24, 2.45) is 12.2 Å². The van der Waals surface area contributed by atoms with Gasteiger partial charge in [-0.25, -0.2) is 0 Å². The second-order valence-corrected chi connectivity index (χ2v) is 6.36. The Hall–Kier alpha value is -2.85. The number of carbonyl (C=O) groups excluding carboxylic acids is 1. The van der Waals surface area contributed by atoms with Crippen LogP contribution in [0.4, 0.5) is 26.3 Å². The van der Waals surface area contributed by atoms with Crippen LogP contribution in [0.1, 0.15) is 39.3 Å². The first kappa shape index (κ1) is 19.9. The fraction of sp³-hybridized carbons (Fsp3) is 0.353. The predicted octanol–water partition coefficient (Wildman–Crippen LogP) is 4.14. The second-order valence-electron chi connectivity index (χ2n) is 6.36. The molecular weight excluding hydrogens is 392 g/mol. The molecule has 1 aromatic heterocycles. The van der Waals surface area contributed by atoms with Gasteiger partial charge in [0.15, 0.2) is 5.69 Å². The molecule has 0 saturated heterocycles. The van der Waals surface area contributed by atoms with E-state index in [9.17, 15) is 31.1 Å². The van der Waals surface area contributed by atoms with Gasteiger partial charge < -0.3 is 4.84 Å². The summed E-state index contributed by atoms with van der Waals surface area (Å²) in [6.45, 7) is 1.65. The maximum absolute atomic E-state index is 13.9. The number of hydrogen-bond donors (Lipinski definition) is 0. The molecule has 0 radical (unpaired) electrons. The van der Waals surface area contributed by atoms with Crippen LogP contribution >= 0.6 is 0 Å². The molecule has 1 aromatic carbocycles. The standard InChI is InChI=1S/C17H13F6N3O2/c1-9-3-4-10(5-11(9)8-27)12-7-15(28-25-12,17(21,22)23)14-6-13(16(18,19)20)24-26(14)2/h3-6,8H,7H2,1-2H3. The molecular formula is C17H13F6N3O2. The lowest BCUT2D eigenvalue weighted by atomic mass is 9.89. The summed E-state index contributed by atoms with van der Waals surface area (Å²) in [5, 5.41) is 6.61. The van der Waals surface area contributed by atoms with Gasteiger partial charge in [0.2, 0.25) is 0 Å². The van der Waals surface area contributed by atoms with Gasteiger partial charge in [0.05, 0.1) is 17.8 Å². The van der Waals surface area contributed by atoms with Gasteiger partial charge in [0, 0.05) is 18.2 Å². The summed E-state index contributed by atoms with van der Waals surface area (Å²) in [6, 6.07) is 4.64. The number of aryl methyl sites for hydroxylation is 2. The van der Waals surface area contributed by atoms with Gasteiger partial charge >= 0.3 is 12.4 Å². The molecule has 0 saturated carbocycles. The lowest BCUT2D eigenvalue weighted by molar-refractivity contribution is -0.278. The van der Waals surface area contributed by atoms with E-state index >= 15 is 0 Å². The molecule has 0 aliphatic carbocycles. The molecule has 1 aliphatic rings. The van der Waals surface area contributed by atoms with E-state index in [1.54, 1.807) is 6.92 Å². The van der Waals surface area contributed by atoms with E-state index < -0.39 is 35.8 Å². The number of nitrogens with zero attached hydrogens (tertiary/aromatic N) is 3. The van der Waals surface area contributed by atoms with Gasteiger partial charge in [-0.2, -0.15) is 31.4 Å². The van der Waals surface area contributed by atoms with Crippen LogP contribution in [0.3, 0.4) is 0 Å². The molecule has 11 heteroatoms. The number of halogens is 6. The molecule has 0 N–H and O–H groups in total. The number of hydrogen-bond acceptors (Lipinski definition) is 4. The van der Waals surface area contributed by atoms with Crippen molar-refractivity contribution < 1.29 is 36.0 Å². The Morgan fingerprint density at radius 1 is 1.18 bits per heavy atom. The predicted molar refractivity (Wildman–Crippen MR) is 84.7 cm³/mol. The van der Waals surface area contributed by atoms with Crippen LogP contribution in [0, 0.1) is 6.92 Å². The number of benzene rings is 1. The highest BCUT2D eigenvalue weighted by molar-refractivity contribution is 6.03. The quantitative estimate of drug-likeness (QED) is 0.570. The van der Waals surface area contributed by atoms with Crippen molar-refractivity contribution in [2.45, 2.75) is 31.3 Å². The van der Waals surface area contributed by atoms with E-state index in [-0.39, 0.29) is 16.8 Å². The van der Waals surface area contributed by atoms with Crippen LogP contribution in [-0.4, -0.2) is 28.0 Å². The SMILES string of the molecule is Cc1ccc(C2=NOC(c3cc(C(F)(F)F)nn3C)(C(F)(F)F)C2)cc1C=O. The van der Waals surface area contributed by atoms with Crippen molar-refractivity contribution in [3.8, 4) is 0 Å². The molecule has 0 bridgehead atoms. The average Bonchev–Trinajstić information content (AvgIpc) is 3.19. The highest BCUT2D eigenvalue weighted by atomic mass is 19.4. The Kier molecular flexibility index (Phi) is 4.51. The second kappa shape index (κ2) is 6.35. The van der Waals surface area contributed by atoms with E-state index in [2.05, 4.69) is 10.3 Å². The Labute approximate surface area is 154 Å². The van der Waals surface area contributed by atoms with Crippen LogP contribution in [0.2, 0.25) is 0 Å². The molecule has 0 fully saturated rings. The zero-order chi connectivity index (χ0) is 20.9. The topological polar surface area (TPSA) is 56.5 Å². The molecule has 5 nitrogen and oxygen atoms in total. The van der Waals surface area contributed by atoms with Crippen molar-refractivity contribution in [1.82, 2.24) is 9.78 Å². The molecule has 28 heavy (non-hydrogen) atoms. The van der Waals surface area contributed by atoms with Gasteiger partial charge in [-0.1, -0.05) is 17.3 Å². The van der Waals surface area contributed by atoms with E-state index in [0.717, 1.165) is 7.05 Å². The molecule has 0 spiro atoms. The molecule has 150 valence electrons. The summed E-state index contributed by atoms with van der Waals surface area (Å²) in [6.07, 6.45) is -10.3. The summed E-state index contributed by atoms with van der Waals surface area (Å²) >= 11 is 0. The number of aromatic nitrogens is 2. The van der Waals surface area contributed by atoms with Gasteiger partial charge in [0.25, 0.3) is 5.60 Å². The molecule has 1 aliphatic heterocycles. The normalized spacial score (nSPS) is 20.1. The Bertz CT molecular complexity index is 961. The first-order valence-electron chi connectivity index (χ1n) is 7.89. The third kappa shape index (κ3) is 3.14. The van der Waals surface area contributed by atoms with Crippen LogP contribution in [0.15, 0.2) is 29.4 Å². The Morgan fingerprint density at radius 3 is 2.39 bits per heavy atom. The number of alkyl halides is 6. The average molecular weight is 405 g/mol. The minimum absolute atomic E-state index is 0.143. The first-order chi connectivity index (χ1) is 12.9. The third-order valence-corrected chi connectivity index (χ3v) is 4.51. The molecule has 0 amide bonds. The maximum Gasteiger partial charge on any atom is 0.437 e. The van der Waals surface area contributed by atoms with Crippen molar-refractivity contribution >= 4 is 12.0 Å². The summed E-state index contributed by atoms with van der Waals surface area (Å²) in [5.41, 5.74) is -4.49. The van der Waals surface area contributed by atoms with E-state index in [1.165, 1.54) is 18.2 Å². The molecule has 2 heterocycles. The number of aldehydes is 1. The summed E-state index contributed by atoms with van der Waals surface area (Å²) in [4.78, 5) is 15.8. The largest absolute Gasteiger partial charge is 0.437 e. The Morgan fingerprint density at radius 2 is 1.86 bits per heavy atom.